The van der Waals surface area contributed by atoms with E-state index in [2.05, 4.69) is 26.6 Å². The number of hydrogen-bond donors (Lipinski definition) is 3. The van der Waals surface area contributed by atoms with Crippen molar-refractivity contribution in [3.63, 3.8) is 0 Å². The van der Waals surface area contributed by atoms with Crippen molar-refractivity contribution in [1.82, 2.24) is 10.6 Å². The molecule has 3 N–H and O–H groups in total. The van der Waals surface area contributed by atoms with Gasteiger partial charge in [0.2, 0.25) is 11.8 Å². The first kappa shape index (κ1) is 21.6. The first-order valence-electron chi connectivity index (χ1n) is 8.54. The third-order valence-electron chi connectivity index (χ3n) is 4.02. The third-order valence-corrected chi connectivity index (χ3v) is 4.79. The van der Waals surface area contributed by atoms with E-state index in [4.69, 9.17) is 0 Å². The van der Waals surface area contributed by atoms with Crippen LogP contribution in [0, 0.1) is 5.82 Å². The van der Waals surface area contributed by atoms with Gasteiger partial charge in [0, 0.05) is 24.2 Å². The number of carbonyl (C=O) groups excluding carboxylic acids is 2. The number of halogens is 2. The van der Waals surface area contributed by atoms with Gasteiger partial charge in [-0.15, -0.1) is 0 Å². The van der Waals surface area contributed by atoms with Crippen LogP contribution in [-0.2, 0) is 27.2 Å². The maximum absolute atomic E-state index is 13.4. The highest BCUT2D eigenvalue weighted by atomic mass is 79.9. The number of nitrogens with one attached hydrogen (secondary N) is 2. The Morgan fingerprint density at radius 1 is 1.04 bits per heavy atom. The second kappa shape index (κ2) is 9.98. The molecular formula is C20H20BrFN2O4. The van der Waals surface area contributed by atoms with Crippen LogP contribution in [0.25, 0.3) is 0 Å². The summed E-state index contributed by atoms with van der Waals surface area (Å²) in [5.74, 6) is -2.76. The molecule has 0 unspecified atom stereocenters. The highest BCUT2D eigenvalue weighted by molar-refractivity contribution is 9.10. The van der Waals surface area contributed by atoms with E-state index in [9.17, 15) is 23.9 Å². The number of hydrogen-bond acceptors (Lipinski definition) is 3. The molecule has 0 bridgehead atoms. The summed E-state index contributed by atoms with van der Waals surface area (Å²) in [6, 6.07) is 10.5. The van der Waals surface area contributed by atoms with Crippen molar-refractivity contribution in [3.8, 4) is 0 Å². The normalized spacial score (nSPS) is 12.7. The monoisotopic (exact) mass is 450 g/mol. The fraction of sp³-hybridized carbons (Fsp3) is 0.250. The summed E-state index contributed by atoms with van der Waals surface area (Å²) in [4.78, 5) is 35.8. The molecule has 0 saturated heterocycles. The van der Waals surface area contributed by atoms with Crippen molar-refractivity contribution >= 4 is 33.7 Å². The minimum atomic E-state index is -1.20. The maximum atomic E-state index is 13.4. The SMILES string of the molecule is CC(=O)N[C@H](Cc1cccc(F)c1)C(=O)N[C@H](Cc1ccccc1Br)C(=O)O. The molecule has 0 saturated carbocycles. The van der Waals surface area contributed by atoms with Crippen molar-refractivity contribution in [2.75, 3.05) is 0 Å². The zero-order valence-electron chi connectivity index (χ0n) is 15.1. The predicted molar refractivity (Wildman–Crippen MR) is 105 cm³/mol. The van der Waals surface area contributed by atoms with Crippen molar-refractivity contribution in [2.45, 2.75) is 31.8 Å². The maximum Gasteiger partial charge on any atom is 0.326 e. The van der Waals surface area contributed by atoms with E-state index in [1.54, 1.807) is 30.3 Å². The van der Waals surface area contributed by atoms with Crippen LogP contribution in [0.4, 0.5) is 4.39 Å². The number of carboxylic acid groups (broad SMARTS) is 1. The highest BCUT2D eigenvalue weighted by Gasteiger charge is 2.27. The van der Waals surface area contributed by atoms with Crippen molar-refractivity contribution in [1.29, 1.82) is 0 Å². The van der Waals surface area contributed by atoms with E-state index in [1.165, 1.54) is 25.1 Å². The summed E-state index contributed by atoms with van der Waals surface area (Å²) < 4.78 is 14.1. The van der Waals surface area contributed by atoms with Crippen molar-refractivity contribution < 1.29 is 23.9 Å². The third kappa shape index (κ3) is 6.45. The van der Waals surface area contributed by atoms with Gasteiger partial charge in [-0.05, 0) is 29.3 Å². The van der Waals surface area contributed by atoms with Crippen LogP contribution in [-0.4, -0.2) is 35.0 Å². The van der Waals surface area contributed by atoms with Gasteiger partial charge < -0.3 is 15.7 Å². The summed E-state index contributed by atoms with van der Waals surface area (Å²) in [7, 11) is 0. The Bertz CT molecular complexity index is 875. The van der Waals surface area contributed by atoms with E-state index >= 15 is 0 Å². The molecule has 0 spiro atoms. The Kier molecular flexibility index (Phi) is 7.69. The van der Waals surface area contributed by atoms with Crippen LogP contribution in [0.15, 0.2) is 53.0 Å². The summed E-state index contributed by atoms with van der Waals surface area (Å²) in [5.41, 5.74) is 1.22. The van der Waals surface area contributed by atoms with Gasteiger partial charge in [0.15, 0.2) is 0 Å². The fourth-order valence-electron chi connectivity index (χ4n) is 2.71. The Morgan fingerprint density at radius 2 is 1.75 bits per heavy atom. The largest absolute Gasteiger partial charge is 0.480 e. The molecule has 2 atom stereocenters. The van der Waals surface area contributed by atoms with Gasteiger partial charge in [0.1, 0.15) is 17.9 Å². The van der Waals surface area contributed by atoms with Crippen molar-refractivity contribution in [2.24, 2.45) is 0 Å². The lowest BCUT2D eigenvalue weighted by Gasteiger charge is -2.21. The second-order valence-electron chi connectivity index (χ2n) is 6.28. The van der Waals surface area contributed by atoms with Gasteiger partial charge >= 0.3 is 5.97 Å². The minimum absolute atomic E-state index is 0.0323. The summed E-state index contributed by atoms with van der Waals surface area (Å²) >= 11 is 3.35. The number of benzene rings is 2. The Morgan fingerprint density at radius 3 is 2.36 bits per heavy atom. The Labute approximate surface area is 170 Å². The first-order valence-corrected chi connectivity index (χ1v) is 9.33. The van der Waals surface area contributed by atoms with Crippen LogP contribution in [0.1, 0.15) is 18.1 Å². The lowest BCUT2D eigenvalue weighted by atomic mass is 10.0. The van der Waals surface area contributed by atoms with E-state index in [-0.39, 0.29) is 12.8 Å². The topological polar surface area (TPSA) is 95.5 Å². The van der Waals surface area contributed by atoms with Gasteiger partial charge in [0.25, 0.3) is 0 Å². The van der Waals surface area contributed by atoms with Crippen LogP contribution < -0.4 is 10.6 Å². The Hall–Kier alpha value is -2.74. The molecule has 148 valence electrons. The highest BCUT2D eigenvalue weighted by Crippen LogP contribution is 2.18. The molecule has 0 radical (unpaired) electrons. The molecule has 0 aliphatic carbocycles. The van der Waals surface area contributed by atoms with Gasteiger partial charge in [-0.25, -0.2) is 9.18 Å². The molecule has 2 aromatic rings. The van der Waals surface area contributed by atoms with Crippen molar-refractivity contribution in [3.05, 3.63) is 69.9 Å². The van der Waals surface area contributed by atoms with E-state index in [0.29, 0.717) is 5.56 Å². The van der Waals surface area contributed by atoms with E-state index in [1.807, 2.05) is 0 Å². The Balaban J connectivity index is 2.15. The van der Waals surface area contributed by atoms with E-state index < -0.39 is 35.7 Å². The quantitative estimate of drug-likeness (QED) is 0.575. The first-order chi connectivity index (χ1) is 13.3. The van der Waals surface area contributed by atoms with Gasteiger partial charge in [0.05, 0.1) is 0 Å². The molecule has 2 amide bonds. The van der Waals surface area contributed by atoms with Gasteiger partial charge in [-0.2, -0.15) is 0 Å². The average molecular weight is 451 g/mol. The molecule has 0 fully saturated rings. The molecule has 2 rings (SSSR count). The smallest absolute Gasteiger partial charge is 0.326 e. The second-order valence-corrected chi connectivity index (χ2v) is 7.14. The lowest BCUT2D eigenvalue weighted by molar-refractivity contribution is -0.142. The molecule has 0 aliphatic heterocycles. The van der Waals surface area contributed by atoms with Gasteiger partial charge in [-0.1, -0.05) is 46.3 Å². The fourth-order valence-corrected chi connectivity index (χ4v) is 3.16. The van der Waals surface area contributed by atoms with E-state index in [0.717, 1.165) is 10.0 Å². The van der Waals surface area contributed by atoms with Gasteiger partial charge in [-0.3, -0.25) is 9.59 Å². The van der Waals surface area contributed by atoms with Crippen LogP contribution in [0.2, 0.25) is 0 Å². The number of carbonyl (C=O) groups is 3. The molecule has 0 heterocycles. The van der Waals surface area contributed by atoms with Crippen LogP contribution in [0.3, 0.4) is 0 Å². The van der Waals surface area contributed by atoms with Crippen LogP contribution >= 0.6 is 15.9 Å². The number of rotatable bonds is 8. The summed E-state index contributed by atoms with van der Waals surface area (Å²) in [6.45, 7) is 1.25. The predicted octanol–water partition coefficient (Wildman–Crippen LogP) is 2.45. The molecule has 0 aromatic heterocycles. The molecule has 0 aliphatic rings. The number of amides is 2. The molecule has 2 aromatic carbocycles. The lowest BCUT2D eigenvalue weighted by Crippen LogP contribution is -2.52. The summed E-state index contributed by atoms with van der Waals surface area (Å²) in [6.07, 6.45) is 0.0970. The zero-order chi connectivity index (χ0) is 20.7. The zero-order valence-corrected chi connectivity index (χ0v) is 16.7. The van der Waals surface area contributed by atoms with Crippen LogP contribution in [0.5, 0.6) is 0 Å². The molecular weight excluding hydrogens is 431 g/mol. The standard InChI is InChI=1S/C20H20BrFN2O4/c1-12(25)23-17(10-13-5-4-7-15(22)9-13)19(26)24-18(20(27)28)11-14-6-2-3-8-16(14)21/h2-9,17-18H,10-11H2,1H3,(H,23,25)(H,24,26)(H,27,28)/t17-,18-/m1/s1. The molecule has 8 heteroatoms. The average Bonchev–Trinajstić information content (AvgIpc) is 2.61. The molecule has 6 nitrogen and oxygen atoms in total. The minimum Gasteiger partial charge on any atom is -0.480 e. The summed E-state index contributed by atoms with van der Waals surface area (Å²) in [5, 5.41) is 14.5. The number of aliphatic carboxylic acids is 1. The molecule has 28 heavy (non-hydrogen) atoms. The number of carboxylic acids is 1.